The summed E-state index contributed by atoms with van der Waals surface area (Å²) in [6, 6.07) is 0. The zero-order chi connectivity index (χ0) is 17.7. The fraction of sp³-hybridized carbons (Fsp3) is 0.333. The predicted octanol–water partition coefficient (Wildman–Crippen LogP) is 4.46. The standard InChI is InChI=1S/C15H12BF7/c1-3-15(16,4-2)7-8(17)5-6(9(18)12(7)21)11(20)14(23)13(22)10(5)19/h3-4,16H2,1-2H3. The molecule has 0 unspecified atom stereocenters. The third-order valence-electron chi connectivity index (χ3n) is 4.50. The van der Waals surface area contributed by atoms with Gasteiger partial charge in [-0.25, -0.2) is 30.7 Å². The minimum absolute atomic E-state index is 0.163. The summed E-state index contributed by atoms with van der Waals surface area (Å²) < 4.78 is 97.2. The van der Waals surface area contributed by atoms with Gasteiger partial charge in [0.1, 0.15) is 13.7 Å². The summed E-state index contributed by atoms with van der Waals surface area (Å²) in [5.41, 5.74) is -0.809. The first kappa shape index (κ1) is 17.6. The molecule has 0 heterocycles. The van der Waals surface area contributed by atoms with E-state index in [1.54, 1.807) is 13.8 Å². The van der Waals surface area contributed by atoms with Gasteiger partial charge in [-0.3, -0.25) is 0 Å². The smallest absolute Gasteiger partial charge is 0.198 e. The summed E-state index contributed by atoms with van der Waals surface area (Å²) in [6.45, 7) is 3.15. The zero-order valence-electron chi connectivity index (χ0n) is 12.6. The van der Waals surface area contributed by atoms with E-state index in [0.717, 1.165) is 0 Å². The molecule has 2 rings (SSSR count). The second kappa shape index (κ2) is 5.72. The Morgan fingerprint density at radius 3 is 1.35 bits per heavy atom. The second-order valence-corrected chi connectivity index (χ2v) is 5.59. The van der Waals surface area contributed by atoms with Gasteiger partial charge in [0.05, 0.1) is 10.8 Å². The van der Waals surface area contributed by atoms with Gasteiger partial charge in [-0.05, 0) is 5.31 Å². The van der Waals surface area contributed by atoms with Gasteiger partial charge < -0.3 is 0 Å². The van der Waals surface area contributed by atoms with Crippen LogP contribution < -0.4 is 0 Å². The summed E-state index contributed by atoms with van der Waals surface area (Å²) in [4.78, 5) is 0. The summed E-state index contributed by atoms with van der Waals surface area (Å²) in [6.07, 6.45) is 0.326. The van der Waals surface area contributed by atoms with E-state index >= 15 is 0 Å². The van der Waals surface area contributed by atoms with E-state index in [1.165, 1.54) is 7.85 Å². The molecule has 0 saturated carbocycles. The third kappa shape index (κ3) is 2.30. The van der Waals surface area contributed by atoms with Crippen LogP contribution in [0.15, 0.2) is 0 Å². The van der Waals surface area contributed by atoms with Crippen LogP contribution in [0.3, 0.4) is 0 Å². The molecule has 0 aliphatic heterocycles. The van der Waals surface area contributed by atoms with E-state index in [0.29, 0.717) is 0 Å². The molecule has 0 amide bonds. The Balaban J connectivity index is 3.13. The van der Waals surface area contributed by atoms with Crippen LogP contribution in [0.25, 0.3) is 10.8 Å². The van der Waals surface area contributed by atoms with Crippen LogP contribution in [-0.2, 0) is 5.31 Å². The van der Waals surface area contributed by atoms with E-state index in [2.05, 4.69) is 0 Å². The Morgan fingerprint density at radius 1 is 0.609 bits per heavy atom. The van der Waals surface area contributed by atoms with Crippen molar-refractivity contribution in [3.63, 3.8) is 0 Å². The number of rotatable bonds is 3. The fourth-order valence-corrected chi connectivity index (χ4v) is 2.62. The van der Waals surface area contributed by atoms with Gasteiger partial charge in [0, 0.05) is 5.56 Å². The van der Waals surface area contributed by atoms with Crippen LogP contribution in [0.4, 0.5) is 30.7 Å². The van der Waals surface area contributed by atoms with E-state index in [1.807, 2.05) is 0 Å². The highest BCUT2D eigenvalue weighted by atomic mass is 19.2. The second-order valence-electron chi connectivity index (χ2n) is 5.59. The maximum atomic E-state index is 14.6. The van der Waals surface area contributed by atoms with Crippen LogP contribution in [0.1, 0.15) is 32.3 Å². The molecule has 0 nitrogen and oxygen atoms in total. The Morgan fingerprint density at radius 2 is 0.957 bits per heavy atom. The highest BCUT2D eigenvalue weighted by molar-refractivity contribution is 6.16. The van der Waals surface area contributed by atoms with Crippen molar-refractivity contribution < 1.29 is 30.7 Å². The minimum atomic E-state index is -2.32. The quantitative estimate of drug-likeness (QED) is 0.336. The predicted molar refractivity (Wildman–Crippen MR) is 74.5 cm³/mol. The molecule has 0 radical (unpaired) electrons. The molecule has 8 heteroatoms. The van der Waals surface area contributed by atoms with Crippen molar-refractivity contribution in [2.45, 2.75) is 32.0 Å². The summed E-state index contributed by atoms with van der Waals surface area (Å²) >= 11 is 0. The SMILES string of the molecule is BC(CC)(CC)c1c(F)c(F)c2c(F)c(F)c(F)c(F)c2c1F. The molecule has 0 aromatic heterocycles. The van der Waals surface area contributed by atoms with Gasteiger partial charge in [-0.15, -0.1) is 0 Å². The fourth-order valence-electron chi connectivity index (χ4n) is 2.62. The molecular formula is C15H12BF7. The third-order valence-corrected chi connectivity index (χ3v) is 4.50. The van der Waals surface area contributed by atoms with Crippen molar-refractivity contribution in [2.75, 3.05) is 0 Å². The first-order valence-corrected chi connectivity index (χ1v) is 6.94. The average molecular weight is 336 g/mol. The van der Waals surface area contributed by atoms with E-state index < -0.39 is 62.4 Å². The number of hydrogen-bond acceptors (Lipinski definition) is 0. The van der Waals surface area contributed by atoms with Crippen molar-refractivity contribution in [3.05, 3.63) is 46.3 Å². The normalized spacial score (nSPS) is 12.2. The lowest BCUT2D eigenvalue weighted by molar-refractivity contribution is 0.405. The highest BCUT2D eigenvalue weighted by Gasteiger charge is 2.36. The molecule has 2 aromatic carbocycles. The van der Waals surface area contributed by atoms with Crippen molar-refractivity contribution in [2.24, 2.45) is 0 Å². The van der Waals surface area contributed by atoms with Gasteiger partial charge >= 0.3 is 0 Å². The van der Waals surface area contributed by atoms with Crippen LogP contribution in [0.2, 0.25) is 0 Å². The maximum Gasteiger partial charge on any atom is 0.198 e. The summed E-state index contributed by atoms with van der Waals surface area (Å²) in [7, 11) is 1.41. The van der Waals surface area contributed by atoms with E-state index in [-0.39, 0.29) is 12.8 Å². The van der Waals surface area contributed by atoms with Crippen molar-refractivity contribution in [1.29, 1.82) is 0 Å². The lowest BCUT2D eigenvalue weighted by atomic mass is 9.60. The molecule has 2 aromatic rings. The van der Waals surface area contributed by atoms with E-state index in [4.69, 9.17) is 0 Å². The zero-order valence-corrected chi connectivity index (χ0v) is 12.6. The van der Waals surface area contributed by atoms with Gasteiger partial charge in [0.2, 0.25) is 0 Å². The number of halogens is 7. The van der Waals surface area contributed by atoms with Crippen molar-refractivity contribution in [1.82, 2.24) is 0 Å². The van der Waals surface area contributed by atoms with E-state index in [9.17, 15) is 30.7 Å². The molecular weight excluding hydrogens is 324 g/mol. The maximum absolute atomic E-state index is 14.6. The Hall–Kier alpha value is -1.73. The molecule has 0 saturated heterocycles. The van der Waals surface area contributed by atoms with Gasteiger partial charge in [0.15, 0.2) is 34.9 Å². The van der Waals surface area contributed by atoms with Crippen LogP contribution in [0, 0.1) is 40.7 Å². The first-order chi connectivity index (χ1) is 10.6. The number of fused-ring (bicyclic) bond motifs is 1. The summed E-state index contributed by atoms with van der Waals surface area (Å²) in [5.74, 6) is -14.2. The van der Waals surface area contributed by atoms with Crippen molar-refractivity contribution >= 4 is 18.6 Å². The topological polar surface area (TPSA) is 0 Å². The average Bonchev–Trinajstić information content (AvgIpc) is 2.53. The van der Waals surface area contributed by atoms with Gasteiger partial charge in [-0.2, -0.15) is 0 Å². The van der Waals surface area contributed by atoms with Gasteiger partial charge in [-0.1, -0.05) is 26.7 Å². The van der Waals surface area contributed by atoms with Crippen LogP contribution in [-0.4, -0.2) is 7.85 Å². The molecule has 0 N–H and O–H groups in total. The Kier molecular flexibility index (Phi) is 4.39. The monoisotopic (exact) mass is 336 g/mol. The molecule has 0 fully saturated rings. The van der Waals surface area contributed by atoms with Gasteiger partial charge in [0.25, 0.3) is 0 Å². The Labute approximate surface area is 128 Å². The van der Waals surface area contributed by atoms with Crippen molar-refractivity contribution in [3.8, 4) is 0 Å². The molecule has 124 valence electrons. The molecule has 23 heavy (non-hydrogen) atoms. The Bertz CT molecular complexity index is 797. The lowest BCUT2D eigenvalue weighted by Gasteiger charge is -2.29. The summed E-state index contributed by atoms with van der Waals surface area (Å²) in [5, 5.41) is -4.23. The molecule has 0 aliphatic rings. The number of benzene rings is 2. The highest BCUT2D eigenvalue weighted by Crippen LogP contribution is 2.40. The lowest BCUT2D eigenvalue weighted by Crippen LogP contribution is -2.28. The van der Waals surface area contributed by atoms with Crippen LogP contribution >= 0.6 is 0 Å². The molecule has 0 spiro atoms. The first-order valence-electron chi connectivity index (χ1n) is 6.94. The largest absolute Gasteiger partial charge is 0.206 e. The van der Waals surface area contributed by atoms with Crippen LogP contribution in [0.5, 0.6) is 0 Å². The molecule has 0 bridgehead atoms. The number of hydrogen-bond donors (Lipinski definition) is 0. The molecule has 0 aliphatic carbocycles. The minimum Gasteiger partial charge on any atom is -0.206 e. The molecule has 0 atom stereocenters.